The molecule has 8 nitrogen and oxygen atoms in total. The number of carbonyl (C=O) groups is 4. The highest BCUT2D eigenvalue weighted by Gasteiger charge is 2.48. The minimum Gasteiger partial charge on any atom is -0.495 e. The van der Waals surface area contributed by atoms with Crippen molar-refractivity contribution in [2.45, 2.75) is 26.3 Å². The topological polar surface area (TPSA) is 93.2 Å². The van der Waals surface area contributed by atoms with Gasteiger partial charge in [-0.3, -0.25) is 24.2 Å². The van der Waals surface area contributed by atoms with Gasteiger partial charge in [0, 0.05) is 16.0 Å². The SMILES string of the molecule is CCOC(=O)C1=C(c2ccccc2)S/C(=C2/C(=S)C(C)(C)N(C(=O)CN3C(=O)c4ccccc4C3=O)c3c(OC)cccc32)S1. The maximum absolute atomic E-state index is 14.2. The maximum atomic E-state index is 14.2. The van der Waals surface area contributed by atoms with Crippen LogP contribution >= 0.6 is 35.7 Å². The number of nitrogens with zero attached hydrogens (tertiary/aromatic N) is 2. The van der Waals surface area contributed by atoms with E-state index in [9.17, 15) is 19.2 Å². The second-order valence-electron chi connectivity index (χ2n) is 10.8. The normalized spacial score (nSPS) is 18.7. The molecule has 0 saturated carbocycles. The van der Waals surface area contributed by atoms with Crippen molar-refractivity contribution in [2.75, 3.05) is 25.2 Å². The summed E-state index contributed by atoms with van der Waals surface area (Å²) in [5.74, 6) is -1.53. The smallest absolute Gasteiger partial charge is 0.346 e. The van der Waals surface area contributed by atoms with Gasteiger partial charge in [-0.25, -0.2) is 4.79 Å². The predicted molar refractivity (Wildman–Crippen MR) is 181 cm³/mol. The number of benzene rings is 3. The number of carbonyl (C=O) groups excluding carboxylic acids is 4. The molecule has 0 bridgehead atoms. The lowest BCUT2D eigenvalue weighted by Crippen LogP contribution is -2.58. The van der Waals surface area contributed by atoms with Crippen molar-refractivity contribution in [1.82, 2.24) is 4.90 Å². The highest BCUT2D eigenvalue weighted by molar-refractivity contribution is 8.32. The molecule has 0 fully saturated rings. The Bertz CT molecular complexity index is 1830. The Hall–Kier alpha value is -4.19. The first kappa shape index (κ1) is 30.8. The van der Waals surface area contributed by atoms with Gasteiger partial charge >= 0.3 is 5.97 Å². The summed E-state index contributed by atoms with van der Waals surface area (Å²) in [6.45, 7) is 5.18. The standard InChI is InChI=1S/C34H28N2O6S3/c1-5-42-32(40)28-27(19-12-7-6-8-13-19)44-33(45-28)25-22-16-11-17-23(41-4)26(22)36(34(2,3)29(25)43)24(37)18-35-30(38)20-14-9-10-15-21(20)31(35)39/h6-17H,5,18H2,1-4H3/b33-25-. The van der Waals surface area contributed by atoms with E-state index in [1.165, 1.54) is 35.5 Å². The molecular formula is C34H28N2O6S3. The Labute approximate surface area is 274 Å². The van der Waals surface area contributed by atoms with Crippen LogP contribution in [0, 0.1) is 0 Å². The first-order chi connectivity index (χ1) is 21.6. The van der Waals surface area contributed by atoms with Crippen LogP contribution in [0.4, 0.5) is 5.69 Å². The number of hydrogen-bond donors (Lipinski definition) is 0. The molecule has 3 aromatic rings. The number of imide groups is 1. The molecule has 45 heavy (non-hydrogen) atoms. The summed E-state index contributed by atoms with van der Waals surface area (Å²) in [6, 6.07) is 21.6. The molecule has 3 aromatic carbocycles. The van der Waals surface area contributed by atoms with Gasteiger partial charge in [0.2, 0.25) is 5.91 Å². The molecule has 3 amide bonds. The van der Waals surface area contributed by atoms with Crippen molar-refractivity contribution in [2.24, 2.45) is 0 Å². The molecule has 11 heteroatoms. The second kappa shape index (κ2) is 12.0. The molecule has 6 rings (SSSR count). The molecule has 0 N–H and O–H groups in total. The van der Waals surface area contributed by atoms with E-state index in [1.54, 1.807) is 37.3 Å². The number of methoxy groups -OCH3 is 1. The summed E-state index contributed by atoms with van der Waals surface area (Å²) >= 11 is 8.88. The number of thiocarbonyl (C=S) groups is 1. The number of fused-ring (bicyclic) bond motifs is 2. The maximum Gasteiger partial charge on any atom is 0.346 e. The molecule has 0 aromatic heterocycles. The average Bonchev–Trinajstić information content (AvgIpc) is 3.58. The molecule has 228 valence electrons. The third kappa shape index (κ3) is 5.08. The highest BCUT2D eigenvalue weighted by atomic mass is 32.2. The zero-order valence-electron chi connectivity index (χ0n) is 24.9. The van der Waals surface area contributed by atoms with E-state index in [1.807, 2.05) is 56.3 Å². The van der Waals surface area contributed by atoms with Gasteiger partial charge in [-0.2, -0.15) is 0 Å². The Morgan fingerprint density at radius 1 is 0.867 bits per heavy atom. The van der Waals surface area contributed by atoms with Crippen LogP contribution in [0.25, 0.3) is 10.5 Å². The Kier molecular flexibility index (Phi) is 8.19. The number of anilines is 1. The molecule has 0 unspecified atom stereocenters. The van der Waals surface area contributed by atoms with Crippen molar-refractivity contribution in [1.29, 1.82) is 0 Å². The van der Waals surface area contributed by atoms with Gasteiger partial charge in [-0.15, -0.1) is 0 Å². The highest BCUT2D eigenvalue weighted by Crippen LogP contribution is 2.59. The number of ether oxygens (including phenoxy) is 2. The fourth-order valence-corrected chi connectivity index (χ4v) is 8.80. The molecule has 0 radical (unpaired) electrons. The van der Waals surface area contributed by atoms with Gasteiger partial charge in [-0.05, 0) is 44.5 Å². The molecule has 3 aliphatic heterocycles. The lowest BCUT2D eigenvalue weighted by atomic mass is 9.83. The molecular weight excluding hydrogens is 629 g/mol. The van der Waals surface area contributed by atoms with Crippen LogP contribution in [-0.4, -0.2) is 59.3 Å². The summed E-state index contributed by atoms with van der Waals surface area (Å²) in [5, 5.41) is 0. The average molecular weight is 657 g/mol. The lowest BCUT2D eigenvalue weighted by molar-refractivity contribution is -0.137. The fourth-order valence-electron chi connectivity index (χ4n) is 5.67. The van der Waals surface area contributed by atoms with Crippen molar-refractivity contribution in [3.05, 3.63) is 104 Å². The monoisotopic (exact) mass is 656 g/mol. The van der Waals surface area contributed by atoms with Crippen LogP contribution < -0.4 is 9.64 Å². The minimum atomic E-state index is -1.09. The lowest BCUT2D eigenvalue weighted by Gasteiger charge is -2.46. The summed E-state index contributed by atoms with van der Waals surface area (Å²) in [5.41, 5.74) is 2.13. The van der Waals surface area contributed by atoms with Gasteiger partial charge in [0.1, 0.15) is 17.2 Å². The number of amides is 3. The van der Waals surface area contributed by atoms with E-state index in [0.29, 0.717) is 32.3 Å². The summed E-state index contributed by atoms with van der Waals surface area (Å²) < 4.78 is 12.0. The van der Waals surface area contributed by atoms with Crippen molar-refractivity contribution < 1.29 is 28.7 Å². The molecule has 0 spiro atoms. The predicted octanol–water partition coefficient (Wildman–Crippen LogP) is 6.57. The third-order valence-electron chi connectivity index (χ3n) is 7.77. The Balaban J connectivity index is 1.45. The van der Waals surface area contributed by atoms with Gasteiger partial charge < -0.3 is 9.47 Å². The largest absolute Gasteiger partial charge is 0.495 e. The van der Waals surface area contributed by atoms with Crippen LogP contribution in [0.2, 0.25) is 0 Å². The van der Waals surface area contributed by atoms with E-state index in [-0.39, 0.29) is 17.7 Å². The number of rotatable bonds is 6. The third-order valence-corrected chi connectivity index (χ3v) is 11.1. The number of thioether (sulfide) groups is 2. The van der Waals surface area contributed by atoms with E-state index in [4.69, 9.17) is 21.7 Å². The van der Waals surface area contributed by atoms with Gasteiger partial charge in [0.25, 0.3) is 11.8 Å². The van der Waals surface area contributed by atoms with E-state index >= 15 is 0 Å². The van der Waals surface area contributed by atoms with E-state index in [2.05, 4.69) is 0 Å². The number of hydrogen-bond acceptors (Lipinski definition) is 9. The summed E-state index contributed by atoms with van der Waals surface area (Å²) in [4.78, 5) is 57.9. The first-order valence-electron chi connectivity index (χ1n) is 14.2. The molecule has 0 aliphatic carbocycles. The molecule has 3 heterocycles. The number of para-hydroxylation sites is 1. The zero-order chi connectivity index (χ0) is 32.0. The zero-order valence-corrected chi connectivity index (χ0v) is 27.4. The number of esters is 1. The quantitative estimate of drug-likeness (QED) is 0.126. The van der Waals surface area contributed by atoms with Crippen LogP contribution in [0.15, 0.2) is 81.9 Å². The van der Waals surface area contributed by atoms with Crippen LogP contribution in [0.5, 0.6) is 5.75 Å². The first-order valence-corrected chi connectivity index (χ1v) is 16.2. The van der Waals surface area contributed by atoms with Crippen molar-refractivity contribution >= 4 is 80.5 Å². The Morgan fingerprint density at radius 2 is 1.49 bits per heavy atom. The molecule has 0 atom stereocenters. The second-order valence-corrected chi connectivity index (χ2v) is 13.5. The van der Waals surface area contributed by atoms with Crippen LogP contribution in [0.3, 0.4) is 0 Å². The molecule has 0 saturated heterocycles. The minimum absolute atomic E-state index is 0.233. The van der Waals surface area contributed by atoms with Crippen LogP contribution in [0.1, 0.15) is 52.6 Å². The van der Waals surface area contributed by atoms with E-state index < -0.39 is 35.8 Å². The van der Waals surface area contributed by atoms with Gasteiger partial charge in [0.05, 0.1) is 45.2 Å². The van der Waals surface area contributed by atoms with E-state index in [0.717, 1.165) is 19.6 Å². The summed E-state index contributed by atoms with van der Waals surface area (Å²) in [6.07, 6.45) is 0. The molecule has 3 aliphatic rings. The van der Waals surface area contributed by atoms with Crippen molar-refractivity contribution in [3.8, 4) is 5.75 Å². The summed E-state index contributed by atoms with van der Waals surface area (Å²) in [7, 11) is 1.52. The van der Waals surface area contributed by atoms with Crippen molar-refractivity contribution in [3.63, 3.8) is 0 Å². The van der Waals surface area contributed by atoms with Crippen LogP contribution in [-0.2, 0) is 14.3 Å². The van der Waals surface area contributed by atoms with Gasteiger partial charge in [0.15, 0.2) is 0 Å². The Morgan fingerprint density at radius 3 is 2.11 bits per heavy atom. The fraction of sp³-hybridized carbons (Fsp3) is 0.206. The van der Waals surface area contributed by atoms with Gasteiger partial charge in [-0.1, -0.05) is 90.3 Å².